The fraction of sp³-hybridized carbons (Fsp3) is 0.0476. The summed E-state index contributed by atoms with van der Waals surface area (Å²) >= 11 is 1.37. The van der Waals surface area contributed by atoms with Crippen LogP contribution in [-0.4, -0.2) is 11.0 Å². The zero-order chi connectivity index (χ0) is 19.3. The van der Waals surface area contributed by atoms with Gasteiger partial charge in [-0.1, -0.05) is 29.5 Å². The Bertz CT molecular complexity index is 1220. The molecule has 2 amide bonds. The first-order valence-electron chi connectivity index (χ1n) is 8.73. The monoisotopic (exact) mass is 388 g/mol. The first-order chi connectivity index (χ1) is 13.6. The maximum atomic E-state index is 12.9. The SMILES string of the molecule is Cc1cc(Oc2ccccc2)ccc1N1C(=O)Nc2c(N)sc3nccc1c23. The molecule has 1 aliphatic rings. The van der Waals surface area contributed by atoms with E-state index in [9.17, 15) is 4.79 Å². The molecule has 28 heavy (non-hydrogen) atoms. The van der Waals surface area contributed by atoms with E-state index in [0.29, 0.717) is 16.4 Å². The molecule has 0 bridgehead atoms. The molecule has 0 saturated heterocycles. The molecule has 0 spiro atoms. The fourth-order valence-electron chi connectivity index (χ4n) is 3.41. The molecule has 6 nitrogen and oxygen atoms in total. The molecule has 0 aliphatic carbocycles. The van der Waals surface area contributed by atoms with Gasteiger partial charge in [0, 0.05) is 6.20 Å². The van der Waals surface area contributed by atoms with Crippen LogP contribution in [0.3, 0.4) is 0 Å². The minimum absolute atomic E-state index is 0.245. The van der Waals surface area contributed by atoms with Gasteiger partial charge in [-0.3, -0.25) is 4.90 Å². The number of aryl methyl sites for hydroxylation is 1. The van der Waals surface area contributed by atoms with Crippen LogP contribution in [0.25, 0.3) is 10.2 Å². The number of amides is 2. The lowest BCUT2D eigenvalue weighted by molar-refractivity contribution is 0.259. The minimum atomic E-state index is -0.245. The third-order valence-electron chi connectivity index (χ3n) is 4.66. The van der Waals surface area contributed by atoms with Crippen molar-refractivity contribution < 1.29 is 9.53 Å². The van der Waals surface area contributed by atoms with Gasteiger partial charge in [0.05, 0.1) is 22.4 Å². The zero-order valence-electron chi connectivity index (χ0n) is 15.0. The van der Waals surface area contributed by atoms with Gasteiger partial charge in [0.1, 0.15) is 21.3 Å². The predicted molar refractivity (Wildman–Crippen MR) is 113 cm³/mol. The van der Waals surface area contributed by atoms with Crippen LogP contribution in [0.2, 0.25) is 0 Å². The van der Waals surface area contributed by atoms with E-state index in [2.05, 4.69) is 10.3 Å². The van der Waals surface area contributed by atoms with E-state index in [4.69, 9.17) is 10.5 Å². The molecule has 7 heteroatoms. The highest BCUT2D eigenvalue weighted by Crippen LogP contribution is 2.47. The number of thiophene rings is 1. The third kappa shape index (κ3) is 2.56. The van der Waals surface area contributed by atoms with Gasteiger partial charge in [-0.2, -0.15) is 0 Å². The molecule has 4 aromatic rings. The highest BCUT2D eigenvalue weighted by molar-refractivity contribution is 7.23. The third-order valence-corrected chi connectivity index (χ3v) is 5.59. The normalized spacial score (nSPS) is 12.9. The number of urea groups is 1. The zero-order valence-corrected chi connectivity index (χ0v) is 15.8. The van der Waals surface area contributed by atoms with Crippen molar-refractivity contribution in [2.45, 2.75) is 6.92 Å². The number of rotatable bonds is 3. The van der Waals surface area contributed by atoms with Crippen LogP contribution in [0.5, 0.6) is 11.5 Å². The summed E-state index contributed by atoms with van der Waals surface area (Å²) in [5.41, 5.74) is 9.18. The predicted octanol–water partition coefficient (Wildman–Crippen LogP) is 5.66. The van der Waals surface area contributed by atoms with Gasteiger partial charge in [-0.25, -0.2) is 9.78 Å². The maximum Gasteiger partial charge on any atom is 0.331 e. The number of carbonyl (C=O) groups excluding carboxylic acids is 1. The van der Waals surface area contributed by atoms with Crippen molar-refractivity contribution in [1.82, 2.24) is 4.98 Å². The molecule has 138 valence electrons. The summed E-state index contributed by atoms with van der Waals surface area (Å²) < 4.78 is 5.90. The number of ether oxygens (including phenoxy) is 1. The van der Waals surface area contributed by atoms with Gasteiger partial charge in [0.15, 0.2) is 0 Å². The second-order valence-electron chi connectivity index (χ2n) is 6.48. The van der Waals surface area contributed by atoms with E-state index >= 15 is 0 Å². The Morgan fingerprint density at radius 2 is 1.89 bits per heavy atom. The summed E-state index contributed by atoms with van der Waals surface area (Å²) in [6.07, 6.45) is 1.70. The lowest BCUT2D eigenvalue weighted by atomic mass is 10.1. The number of nitrogen functional groups attached to an aromatic ring is 1. The van der Waals surface area contributed by atoms with Crippen molar-refractivity contribution in [2.24, 2.45) is 0 Å². The molecule has 1 aliphatic heterocycles. The fourth-order valence-corrected chi connectivity index (χ4v) is 4.30. The highest BCUT2D eigenvalue weighted by Gasteiger charge is 2.31. The molecule has 3 N–H and O–H groups in total. The van der Waals surface area contributed by atoms with Crippen molar-refractivity contribution >= 4 is 49.6 Å². The quantitative estimate of drug-likeness (QED) is 0.474. The Kier molecular flexibility index (Phi) is 3.70. The van der Waals surface area contributed by atoms with E-state index in [-0.39, 0.29) is 6.03 Å². The number of carbonyl (C=O) groups is 1. The van der Waals surface area contributed by atoms with E-state index in [1.54, 1.807) is 11.1 Å². The van der Waals surface area contributed by atoms with Gasteiger partial charge in [-0.05, 0) is 48.9 Å². The number of aromatic nitrogens is 1. The lowest BCUT2D eigenvalue weighted by Gasteiger charge is -2.29. The van der Waals surface area contributed by atoms with Gasteiger partial charge in [-0.15, -0.1) is 0 Å². The number of nitrogens with zero attached hydrogens (tertiary/aromatic N) is 2. The van der Waals surface area contributed by atoms with E-state index in [1.807, 2.05) is 61.5 Å². The van der Waals surface area contributed by atoms with Crippen molar-refractivity contribution in [2.75, 3.05) is 16.0 Å². The summed E-state index contributed by atoms with van der Waals surface area (Å²) in [5, 5.41) is 4.33. The molecule has 0 unspecified atom stereocenters. The lowest BCUT2D eigenvalue weighted by Crippen LogP contribution is -2.34. The minimum Gasteiger partial charge on any atom is -0.457 e. The smallest absolute Gasteiger partial charge is 0.331 e. The van der Waals surface area contributed by atoms with E-state index in [1.165, 1.54) is 11.3 Å². The van der Waals surface area contributed by atoms with E-state index < -0.39 is 0 Å². The summed E-state index contributed by atoms with van der Waals surface area (Å²) in [6.45, 7) is 1.95. The van der Waals surface area contributed by atoms with Gasteiger partial charge < -0.3 is 15.8 Å². The number of nitrogens with two attached hydrogens (primary N) is 1. The molecular formula is C21H16N4O2S. The molecule has 0 fully saturated rings. The number of pyridine rings is 1. The van der Waals surface area contributed by atoms with Gasteiger partial charge in [0.25, 0.3) is 0 Å². The van der Waals surface area contributed by atoms with Gasteiger partial charge >= 0.3 is 6.03 Å². The number of nitrogens with one attached hydrogen (secondary N) is 1. The van der Waals surface area contributed by atoms with Crippen LogP contribution in [0.15, 0.2) is 60.8 Å². The Morgan fingerprint density at radius 3 is 2.68 bits per heavy atom. The van der Waals surface area contributed by atoms with Crippen LogP contribution in [0.4, 0.5) is 26.9 Å². The summed E-state index contributed by atoms with van der Waals surface area (Å²) in [6, 6.07) is 16.9. The standard InChI is InChI=1S/C21H16N4O2S/c1-12-11-14(27-13-5-3-2-4-6-13)7-8-15(12)25-16-9-10-23-20-17(16)18(19(22)28-20)24-21(25)26/h2-11H,22H2,1H3,(H,24,26). The van der Waals surface area contributed by atoms with Crippen LogP contribution in [0.1, 0.15) is 5.56 Å². The molecule has 3 heterocycles. The molecular weight excluding hydrogens is 372 g/mol. The first-order valence-corrected chi connectivity index (χ1v) is 9.55. The summed E-state index contributed by atoms with van der Waals surface area (Å²) in [4.78, 5) is 19.7. The molecule has 2 aromatic heterocycles. The topological polar surface area (TPSA) is 80.5 Å². The first kappa shape index (κ1) is 16.6. The number of hydrogen-bond acceptors (Lipinski definition) is 5. The molecule has 0 saturated carbocycles. The largest absolute Gasteiger partial charge is 0.457 e. The van der Waals surface area contributed by atoms with E-state index in [0.717, 1.165) is 32.9 Å². The van der Waals surface area contributed by atoms with Crippen LogP contribution < -0.4 is 20.7 Å². The maximum absolute atomic E-state index is 12.9. The molecule has 5 rings (SSSR count). The summed E-state index contributed by atoms with van der Waals surface area (Å²) in [5.74, 6) is 1.48. The van der Waals surface area contributed by atoms with Crippen molar-refractivity contribution in [3.05, 3.63) is 66.4 Å². The molecule has 0 atom stereocenters. The van der Waals surface area contributed by atoms with Crippen molar-refractivity contribution in [3.63, 3.8) is 0 Å². The number of benzene rings is 2. The van der Waals surface area contributed by atoms with Gasteiger partial charge in [0.2, 0.25) is 0 Å². The average Bonchev–Trinajstić information content (AvgIpc) is 3.00. The Labute approximate surface area is 165 Å². The average molecular weight is 388 g/mol. The second kappa shape index (κ2) is 6.24. The summed E-state index contributed by atoms with van der Waals surface area (Å²) in [7, 11) is 0. The number of anilines is 4. The molecule has 2 aromatic carbocycles. The van der Waals surface area contributed by atoms with Crippen molar-refractivity contribution in [1.29, 1.82) is 0 Å². The number of para-hydroxylation sites is 1. The Balaban J connectivity index is 1.57. The van der Waals surface area contributed by atoms with Crippen molar-refractivity contribution in [3.8, 4) is 11.5 Å². The van der Waals surface area contributed by atoms with Crippen LogP contribution >= 0.6 is 11.3 Å². The van der Waals surface area contributed by atoms with Crippen LogP contribution in [0, 0.1) is 6.92 Å². The molecule has 0 radical (unpaired) electrons. The Morgan fingerprint density at radius 1 is 1.07 bits per heavy atom. The highest BCUT2D eigenvalue weighted by atomic mass is 32.1. The van der Waals surface area contributed by atoms with Crippen LogP contribution in [-0.2, 0) is 0 Å². The Hall–Kier alpha value is -3.58. The number of hydrogen-bond donors (Lipinski definition) is 2. The second-order valence-corrected chi connectivity index (χ2v) is 7.51.